The van der Waals surface area contributed by atoms with Crippen LogP contribution in [0.5, 0.6) is 0 Å². The van der Waals surface area contributed by atoms with Gasteiger partial charge in [0.2, 0.25) is 5.91 Å². The number of carbonyl (C=O) groups is 4. The van der Waals surface area contributed by atoms with Gasteiger partial charge in [0.15, 0.2) is 0 Å². The molecular weight excluding hydrogens is 792 g/mol. The molecule has 0 spiro atoms. The van der Waals surface area contributed by atoms with Gasteiger partial charge in [0, 0.05) is 23.5 Å². The van der Waals surface area contributed by atoms with Crippen molar-refractivity contribution in [3.05, 3.63) is 108 Å². The summed E-state index contributed by atoms with van der Waals surface area (Å²) in [5.41, 5.74) is 4.67. The second-order valence-corrected chi connectivity index (χ2v) is 16.8. The van der Waals surface area contributed by atoms with Gasteiger partial charge >= 0.3 is 12.2 Å². The van der Waals surface area contributed by atoms with E-state index in [1.807, 2.05) is 73.3 Å². The van der Waals surface area contributed by atoms with E-state index in [2.05, 4.69) is 25.6 Å². The minimum Gasteiger partial charge on any atom is -0.453 e. The molecule has 1 saturated carbocycles. The number of fused-ring (bicyclic) bond motifs is 5. The number of aromatic nitrogens is 4. The first-order chi connectivity index (χ1) is 30.0. The third-order valence-corrected chi connectivity index (χ3v) is 12.9. The number of H-pyrrole nitrogens is 2. The van der Waals surface area contributed by atoms with Crippen molar-refractivity contribution in [2.45, 2.75) is 76.2 Å². The minimum atomic E-state index is -0.916. The summed E-state index contributed by atoms with van der Waals surface area (Å²) in [5.74, 6) is 0.496. The number of imidazole rings is 2. The molecule has 4 N–H and O–H groups in total. The molecule has 6 atom stereocenters. The lowest BCUT2D eigenvalue weighted by molar-refractivity contribution is -0.139. The molecule has 1 aliphatic carbocycles. The van der Waals surface area contributed by atoms with E-state index in [0.717, 1.165) is 53.1 Å². The highest BCUT2D eigenvalue weighted by Gasteiger charge is 2.51. The van der Waals surface area contributed by atoms with Gasteiger partial charge in [0.05, 0.1) is 49.2 Å². The Bertz CT molecular complexity index is 2680. The summed E-state index contributed by atoms with van der Waals surface area (Å²) in [5, 5.41) is 7.30. The van der Waals surface area contributed by atoms with E-state index in [-0.39, 0.29) is 41.8 Å². The van der Waals surface area contributed by atoms with E-state index in [4.69, 9.17) is 14.5 Å². The number of ether oxygens (including phenoxy) is 2. The summed E-state index contributed by atoms with van der Waals surface area (Å²) in [6.07, 6.45) is 4.47. The molecule has 4 heterocycles. The average Bonchev–Trinajstić information content (AvgIpc) is 4.15. The van der Waals surface area contributed by atoms with E-state index in [1.165, 1.54) is 20.3 Å². The highest BCUT2D eigenvalue weighted by molar-refractivity contribution is 6.05. The average molecular weight is 841 g/mol. The normalized spacial score (nSPS) is 20.5. The summed E-state index contributed by atoms with van der Waals surface area (Å²) >= 11 is 0. The molecule has 6 aromatic rings. The van der Waals surface area contributed by atoms with Gasteiger partial charge in [-0.3, -0.25) is 9.59 Å². The molecule has 2 aliphatic heterocycles. The van der Waals surface area contributed by atoms with E-state index >= 15 is 4.39 Å². The second kappa shape index (κ2) is 16.6. The van der Waals surface area contributed by atoms with Crippen molar-refractivity contribution in [1.82, 2.24) is 40.4 Å². The Morgan fingerprint density at radius 3 is 2.35 bits per heavy atom. The Morgan fingerprint density at radius 1 is 0.839 bits per heavy atom. The van der Waals surface area contributed by atoms with Gasteiger partial charge in [-0.05, 0) is 90.3 Å². The summed E-state index contributed by atoms with van der Waals surface area (Å²) < 4.78 is 25.7. The predicted molar refractivity (Wildman–Crippen MR) is 230 cm³/mol. The maximum atomic E-state index is 16.1. The number of alkyl carbamates (subject to hydrolysis) is 2. The highest BCUT2D eigenvalue weighted by Crippen LogP contribution is 2.50. The molecule has 2 aromatic heterocycles. The van der Waals surface area contributed by atoms with Crippen LogP contribution in [0.15, 0.2) is 85.1 Å². The predicted octanol–water partition coefficient (Wildman–Crippen LogP) is 8.11. The zero-order chi connectivity index (χ0) is 43.2. The maximum absolute atomic E-state index is 16.1. The number of halogens is 1. The van der Waals surface area contributed by atoms with Crippen LogP contribution in [0, 0.1) is 17.7 Å². The second-order valence-electron chi connectivity index (χ2n) is 16.8. The summed E-state index contributed by atoms with van der Waals surface area (Å²) in [4.78, 5) is 72.6. The van der Waals surface area contributed by atoms with Gasteiger partial charge in [-0.1, -0.05) is 68.4 Å². The molecule has 3 aliphatic rings. The van der Waals surface area contributed by atoms with Crippen molar-refractivity contribution >= 4 is 45.8 Å². The standard InChI is InChI=1S/C47H49FN8O6/c1-25(2)38(53-46(59)61-3)45(58)56-31-16-12-30(22-31)41(56)43-49-24-36(51-43)33-18-14-28(23-34(33)48)27-13-17-32-29(21-27)15-19-35-40(32)52-42(50-35)37-11-8-20-55(37)44(57)39(54-47(60)62-4)26-9-6-5-7-10-26/h5-7,9-10,13-15,17-19,21,23-25,30-31,37-39,41H,8,11-12,16,20,22H2,1-4H3,(H,49,51)(H,50,52)(H,53,59)(H,54,60)/t30-,31+,37-,38-,39+,41-/m0/s1. The number of amides is 4. The molecule has 2 saturated heterocycles. The molecule has 15 heteroatoms. The van der Waals surface area contributed by atoms with Crippen LogP contribution < -0.4 is 10.6 Å². The van der Waals surface area contributed by atoms with Crippen LogP contribution in [-0.4, -0.2) is 86.6 Å². The molecule has 62 heavy (non-hydrogen) atoms. The van der Waals surface area contributed by atoms with Gasteiger partial charge in [-0.2, -0.15) is 0 Å². The van der Waals surface area contributed by atoms with Crippen LogP contribution in [0.25, 0.3) is 44.2 Å². The number of aromatic amines is 2. The molecule has 320 valence electrons. The van der Waals surface area contributed by atoms with Crippen LogP contribution in [0.2, 0.25) is 0 Å². The Hall–Kier alpha value is -6.77. The van der Waals surface area contributed by atoms with Crippen molar-refractivity contribution < 1.29 is 33.0 Å². The number of likely N-dealkylation sites (tertiary alicyclic amines) is 2. The third-order valence-electron chi connectivity index (χ3n) is 12.9. The van der Waals surface area contributed by atoms with Crippen LogP contribution in [0.3, 0.4) is 0 Å². The quantitative estimate of drug-likeness (QED) is 0.107. The molecule has 9 rings (SSSR count). The zero-order valence-electron chi connectivity index (χ0n) is 35.0. The Labute approximate surface area is 357 Å². The first kappa shape index (κ1) is 40.6. The van der Waals surface area contributed by atoms with Crippen molar-refractivity contribution in [2.75, 3.05) is 20.8 Å². The number of benzene rings is 4. The third kappa shape index (κ3) is 7.38. The van der Waals surface area contributed by atoms with Gasteiger partial charge in [0.25, 0.3) is 5.91 Å². The first-order valence-electron chi connectivity index (χ1n) is 21.2. The van der Waals surface area contributed by atoms with Crippen molar-refractivity contribution in [2.24, 2.45) is 11.8 Å². The van der Waals surface area contributed by atoms with Gasteiger partial charge < -0.3 is 39.9 Å². The molecule has 3 fully saturated rings. The van der Waals surface area contributed by atoms with Gasteiger partial charge in [-0.15, -0.1) is 0 Å². The van der Waals surface area contributed by atoms with Crippen LogP contribution in [-0.2, 0) is 19.1 Å². The lowest BCUT2D eigenvalue weighted by atomic mass is 9.95. The van der Waals surface area contributed by atoms with Crippen LogP contribution in [0.1, 0.15) is 81.3 Å². The molecule has 0 unspecified atom stereocenters. The van der Waals surface area contributed by atoms with E-state index in [9.17, 15) is 19.2 Å². The number of methoxy groups -OCH3 is 2. The van der Waals surface area contributed by atoms with E-state index in [1.54, 1.807) is 29.3 Å². The molecular formula is C47H49FN8O6. The van der Waals surface area contributed by atoms with Crippen molar-refractivity contribution in [1.29, 1.82) is 0 Å². The molecule has 0 radical (unpaired) electrons. The number of rotatable bonds is 10. The Balaban J connectivity index is 0.945. The Kier molecular flexibility index (Phi) is 10.9. The maximum Gasteiger partial charge on any atom is 0.407 e. The number of nitrogens with zero attached hydrogens (tertiary/aromatic N) is 4. The van der Waals surface area contributed by atoms with E-state index < -0.39 is 30.1 Å². The number of piperidine rings is 1. The number of carbonyl (C=O) groups excluding carboxylic acids is 4. The lowest BCUT2D eigenvalue weighted by Crippen LogP contribution is -2.54. The number of nitrogens with one attached hydrogen (secondary N) is 4. The molecule has 4 aromatic carbocycles. The molecule has 2 bridgehead atoms. The fourth-order valence-corrected chi connectivity index (χ4v) is 9.81. The smallest absolute Gasteiger partial charge is 0.407 e. The summed E-state index contributed by atoms with van der Waals surface area (Å²) in [6.45, 7) is 4.29. The highest BCUT2D eigenvalue weighted by atomic mass is 19.1. The molecule has 4 amide bonds. The minimum absolute atomic E-state index is 0.0425. The fraction of sp³-hybridized carbons (Fsp3) is 0.362. The van der Waals surface area contributed by atoms with Crippen LogP contribution >= 0.6 is 0 Å². The van der Waals surface area contributed by atoms with E-state index in [0.29, 0.717) is 47.0 Å². The van der Waals surface area contributed by atoms with Crippen molar-refractivity contribution in [3.8, 4) is 22.4 Å². The van der Waals surface area contributed by atoms with Crippen molar-refractivity contribution in [3.63, 3.8) is 0 Å². The number of hydrogen-bond acceptors (Lipinski definition) is 8. The topological polar surface area (TPSA) is 175 Å². The largest absolute Gasteiger partial charge is 0.453 e. The monoisotopic (exact) mass is 840 g/mol. The summed E-state index contributed by atoms with van der Waals surface area (Å²) in [7, 11) is 2.55. The fourth-order valence-electron chi connectivity index (χ4n) is 9.81. The number of hydrogen-bond donors (Lipinski definition) is 4. The Morgan fingerprint density at radius 2 is 1.60 bits per heavy atom. The molecule has 14 nitrogen and oxygen atoms in total. The first-order valence-corrected chi connectivity index (χ1v) is 21.2. The SMILES string of the molecule is COC(=O)N[C@H](C(=O)N1[C@@H]2CC[C@@H](C2)[C@H]1c1ncc(-c2ccc(-c3ccc4c(ccc5nc([C@@H]6CCCN6C(=O)[C@H](NC(=O)OC)c6ccccc6)[nH]c54)c3)cc2F)[nH]1)C(C)C. The van der Waals surface area contributed by atoms with Crippen LogP contribution in [0.4, 0.5) is 14.0 Å². The zero-order valence-corrected chi connectivity index (χ0v) is 35.0. The lowest BCUT2D eigenvalue weighted by Gasteiger charge is -2.37. The van der Waals surface area contributed by atoms with Gasteiger partial charge in [0.1, 0.15) is 29.5 Å². The summed E-state index contributed by atoms with van der Waals surface area (Å²) in [6, 6.07) is 21.9. The van der Waals surface area contributed by atoms with Gasteiger partial charge in [-0.25, -0.2) is 23.9 Å².